The van der Waals surface area contributed by atoms with Gasteiger partial charge in [0.2, 0.25) is 0 Å². The molecule has 4 nitrogen and oxygen atoms in total. The minimum atomic E-state index is 0.429. The Labute approximate surface area is 105 Å². The summed E-state index contributed by atoms with van der Waals surface area (Å²) in [6, 6.07) is 0.568. The van der Waals surface area contributed by atoms with Crippen molar-refractivity contribution in [2.75, 3.05) is 6.54 Å². The molecule has 0 aliphatic carbocycles. The predicted octanol–water partition coefficient (Wildman–Crippen LogP) is 2.16. The van der Waals surface area contributed by atoms with Crippen LogP contribution in [0.4, 0.5) is 0 Å². The van der Waals surface area contributed by atoms with Gasteiger partial charge in [-0.1, -0.05) is 20.8 Å². The van der Waals surface area contributed by atoms with Crippen LogP contribution in [-0.4, -0.2) is 27.4 Å². The zero-order valence-corrected chi connectivity index (χ0v) is 11.8. The van der Waals surface area contributed by atoms with Gasteiger partial charge in [0, 0.05) is 26.1 Å². The Hall–Kier alpha value is -0.900. The second-order valence-electron chi connectivity index (χ2n) is 6.04. The van der Waals surface area contributed by atoms with Crippen LogP contribution in [0.2, 0.25) is 0 Å². The Balaban J connectivity index is 2.14. The van der Waals surface area contributed by atoms with Gasteiger partial charge in [-0.25, -0.2) is 4.98 Å². The predicted molar refractivity (Wildman–Crippen MR) is 70.9 cm³/mol. The zero-order chi connectivity index (χ0) is 12.9. The van der Waals surface area contributed by atoms with Gasteiger partial charge in [-0.3, -0.25) is 4.68 Å². The molecule has 0 saturated carbocycles. The molecule has 4 heteroatoms. The molecule has 0 saturated heterocycles. The largest absolute Gasteiger partial charge is 0.314 e. The SMILES string of the molecule is CC(CCC(C)(C)C)NCCc1ncn(C)n1. The van der Waals surface area contributed by atoms with E-state index in [4.69, 9.17) is 0 Å². The minimum absolute atomic E-state index is 0.429. The third-order valence-corrected chi connectivity index (χ3v) is 2.82. The van der Waals surface area contributed by atoms with E-state index in [1.807, 2.05) is 7.05 Å². The highest BCUT2D eigenvalue weighted by Crippen LogP contribution is 2.21. The fourth-order valence-corrected chi connectivity index (χ4v) is 1.68. The quantitative estimate of drug-likeness (QED) is 0.826. The first kappa shape index (κ1) is 14.2. The van der Waals surface area contributed by atoms with E-state index in [9.17, 15) is 0 Å². The molecule has 0 aromatic carbocycles. The van der Waals surface area contributed by atoms with Crippen LogP contribution in [0.15, 0.2) is 6.33 Å². The van der Waals surface area contributed by atoms with Crippen molar-refractivity contribution in [2.24, 2.45) is 12.5 Å². The molecule has 0 radical (unpaired) electrons. The molecule has 0 aliphatic rings. The number of aryl methyl sites for hydroxylation is 1. The second-order valence-corrected chi connectivity index (χ2v) is 6.04. The fourth-order valence-electron chi connectivity index (χ4n) is 1.68. The molecule has 1 aromatic heterocycles. The summed E-state index contributed by atoms with van der Waals surface area (Å²) in [5.41, 5.74) is 0.429. The smallest absolute Gasteiger partial charge is 0.151 e. The summed E-state index contributed by atoms with van der Waals surface area (Å²) >= 11 is 0. The van der Waals surface area contributed by atoms with Crippen molar-refractivity contribution in [3.8, 4) is 0 Å². The number of rotatable bonds is 6. The molecule has 1 unspecified atom stereocenters. The topological polar surface area (TPSA) is 42.7 Å². The number of nitrogens with one attached hydrogen (secondary N) is 1. The highest BCUT2D eigenvalue weighted by Gasteiger charge is 2.12. The van der Waals surface area contributed by atoms with Crippen LogP contribution >= 0.6 is 0 Å². The van der Waals surface area contributed by atoms with Crippen LogP contribution in [0.25, 0.3) is 0 Å². The van der Waals surface area contributed by atoms with Crippen LogP contribution in [0.5, 0.6) is 0 Å². The van der Waals surface area contributed by atoms with Crippen molar-refractivity contribution >= 4 is 0 Å². The summed E-state index contributed by atoms with van der Waals surface area (Å²) in [4.78, 5) is 4.21. The fraction of sp³-hybridized carbons (Fsp3) is 0.846. The average Bonchev–Trinajstić information content (AvgIpc) is 2.60. The van der Waals surface area contributed by atoms with Gasteiger partial charge >= 0.3 is 0 Å². The van der Waals surface area contributed by atoms with Gasteiger partial charge in [0.25, 0.3) is 0 Å². The van der Waals surface area contributed by atoms with Gasteiger partial charge in [-0.05, 0) is 25.2 Å². The molecule has 0 amide bonds. The highest BCUT2D eigenvalue weighted by atomic mass is 15.3. The Morgan fingerprint density at radius 2 is 2.12 bits per heavy atom. The highest BCUT2D eigenvalue weighted by molar-refractivity contribution is 4.82. The van der Waals surface area contributed by atoms with Crippen LogP contribution < -0.4 is 5.32 Å². The van der Waals surface area contributed by atoms with E-state index < -0.39 is 0 Å². The van der Waals surface area contributed by atoms with Crippen LogP contribution in [-0.2, 0) is 13.5 Å². The molecule has 1 atom stereocenters. The van der Waals surface area contributed by atoms with Crippen molar-refractivity contribution in [2.45, 2.75) is 53.0 Å². The third kappa shape index (κ3) is 6.41. The lowest BCUT2D eigenvalue weighted by molar-refractivity contribution is 0.337. The summed E-state index contributed by atoms with van der Waals surface area (Å²) < 4.78 is 1.75. The van der Waals surface area contributed by atoms with Crippen LogP contribution in [0.1, 0.15) is 46.4 Å². The van der Waals surface area contributed by atoms with Crippen molar-refractivity contribution in [3.05, 3.63) is 12.2 Å². The van der Waals surface area contributed by atoms with Gasteiger partial charge < -0.3 is 5.32 Å². The first-order chi connectivity index (χ1) is 7.87. The molecular weight excluding hydrogens is 212 g/mol. The Morgan fingerprint density at radius 3 is 2.65 bits per heavy atom. The van der Waals surface area contributed by atoms with E-state index in [1.54, 1.807) is 11.0 Å². The molecule has 1 aromatic rings. The molecule has 1 rings (SSSR count). The van der Waals surface area contributed by atoms with Gasteiger partial charge in [0.1, 0.15) is 6.33 Å². The Morgan fingerprint density at radius 1 is 1.41 bits per heavy atom. The molecule has 1 heterocycles. The minimum Gasteiger partial charge on any atom is -0.314 e. The molecule has 98 valence electrons. The lowest BCUT2D eigenvalue weighted by Crippen LogP contribution is -2.29. The second kappa shape index (κ2) is 6.15. The van der Waals surface area contributed by atoms with Crippen molar-refractivity contribution < 1.29 is 0 Å². The summed E-state index contributed by atoms with van der Waals surface area (Å²) in [6.07, 6.45) is 5.13. The number of hydrogen-bond acceptors (Lipinski definition) is 3. The van der Waals surface area contributed by atoms with Crippen LogP contribution in [0, 0.1) is 5.41 Å². The van der Waals surface area contributed by atoms with Crippen molar-refractivity contribution in [1.29, 1.82) is 0 Å². The summed E-state index contributed by atoms with van der Waals surface area (Å²) in [6.45, 7) is 10.1. The maximum atomic E-state index is 4.26. The van der Waals surface area contributed by atoms with Crippen molar-refractivity contribution in [3.63, 3.8) is 0 Å². The van der Waals surface area contributed by atoms with E-state index in [-0.39, 0.29) is 0 Å². The molecule has 0 bridgehead atoms. The number of hydrogen-bond donors (Lipinski definition) is 1. The summed E-state index contributed by atoms with van der Waals surface area (Å²) in [7, 11) is 1.90. The molecule has 0 spiro atoms. The van der Waals surface area contributed by atoms with E-state index >= 15 is 0 Å². The van der Waals surface area contributed by atoms with Crippen molar-refractivity contribution in [1.82, 2.24) is 20.1 Å². The summed E-state index contributed by atoms with van der Waals surface area (Å²) in [5, 5.41) is 7.78. The number of nitrogens with zero attached hydrogens (tertiary/aromatic N) is 3. The van der Waals surface area contributed by atoms with Gasteiger partial charge in [-0.15, -0.1) is 0 Å². The number of aromatic nitrogens is 3. The molecule has 0 fully saturated rings. The average molecular weight is 238 g/mol. The maximum absolute atomic E-state index is 4.26. The van der Waals surface area contributed by atoms with Gasteiger partial charge in [-0.2, -0.15) is 5.10 Å². The normalized spacial score (nSPS) is 13.9. The first-order valence-corrected chi connectivity index (χ1v) is 6.45. The van der Waals surface area contributed by atoms with E-state index in [0.717, 1.165) is 18.8 Å². The van der Waals surface area contributed by atoms with Gasteiger partial charge in [0.15, 0.2) is 5.82 Å². The third-order valence-electron chi connectivity index (χ3n) is 2.82. The summed E-state index contributed by atoms with van der Waals surface area (Å²) in [5.74, 6) is 0.919. The van der Waals surface area contributed by atoms with E-state index in [0.29, 0.717) is 11.5 Å². The lowest BCUT2D eigenvalue weighted by atomic mass is 9.89. The van der Waals surface area contributed by atoms with Gasteiger partial charge in [0.05, 0.1) is 0 Å². The first-order valence-electron chi connectivity index (χ1n) is 6.45. The monoisotopic (exact) mass is 238 g/mol. The lowest BCUT2D eigenvalue weighted by Gasteiger charge is -2.21. The molecule has 17 heavy (non-hydrogen) atoms. The standard InChI is InChI=1S/C13H26N4/c1-11(6-8-13(2,3)4)14-9-7-12-15-10-17(5)16-12/h10-11,14H,6-9H2,1-5H3. The van der Waals surface area contributed by atoms with Crippen LogP contribution in [0.3, 0.4) is 0 Å². The molecule has 1 N–H and O–H groups in total. The van der Waals surface area contributed by atoms with E-state index in [2.05, 4.69) is 43.1 Å². The Kier molecular flexibility index (Phi) is 5.12. The molecule has 0 aliphatic heterocycles. The zero-order valence-electron chi connectivity index (χ0n) is 11.8. The molecular formula is C13H26N4. The Bertz CT molecular complexity index is 324. The maximum Gasteiger partial charge on any atom is 0.151 e. The van der Waals surface area contributed by atoms with E-state index in [1.165, 1.54) is 12.8 Å².